The maximum absolute atomic E-state index is 14.3. The van der Waals surface area contributed by atoms with Crippen LogP contribution in [0.25, 0.3) is 11.8 Å². The van der Waals surface area contributed by atoms with Gasteiger partial charge in [0.2, 0.25) is 0 Å². The average Bonchev–Trinajstić information content (AvgIpc) is 3.38. The van der Waals surface area contributed by atoms with Gasteiger partial charge < -0.3 is 18.9 Å². The number of esters is 2. The third kappa shape index (κ3) is 7.38. The summed E-state index contributed by atoms with van der Waals surface area (Å²) < 4.78 is 24.0. The predicted molar refractivity (Wildman–Crippen MR) is 181 cm³/mol. The minimum absolute atomic E-state index is 0.176. The van der Waals surface area contributed by atoms with E-state index in [1.54, 1.807) is 42.7 Å². The van der Waals surface area contributed by atoms with Crippen molar-refractivity contribution in [2.75, 3.05) is 26.4 Å². The zero-order valence-corrected chi connectivity index (χ0v) is 28.0. The number of hydrogen-bond acceptors (Lipinski definition) is 9. The lowest BCUT2D eigenvalue weighted by molar-refractivity contribution is -0.145. The van der Waals surface area contributed by atoms with E-state index in [1.807, 2.05) is 61.5 Å². The van der Waals surface area contributed by atoms with Crippen LogP contribution in [0.2, 0.25) is 0 Å². The van der Waals surface area contributed by atoms with Crippen LogP contribution in [-0.4, -0.2) is 42.9 Å². The minimum Gasteiger partial charge on any atom is -0.490 e. The number of nitrogens with zero attached hydrogens (tertiary/aromatic N) is 2. The van der Waals surface area contributed by atoms with Gasteiger partial charge in [0.25, 0.3) is 5.56 Å². The summed E-state index contributed by atoms with van der Waals surface area (Å²) in [5.74, 6) is 0.120. The fourth-order valence-electron chi connectivity index (χ4n) is 5.31. The van der Waals surface area contributed by atoms with Crippen LogP contribution < -0.4 is 24.4 Å². The molecule has 9 nitrogen and oxygen atoms in total. The molecule has 10 heteroatoms. The third-order valence-electron chi connectivity index (χ3n) is 7.51. The standard InChI is InChI=1S/C37H38N2O7S/c1-6-43-29-20-24(14-19-28(29)46-22-31(40)44-7-2)21-30-35(41)39-34(27-17-15-25(16-18-27)23(4)5)32(36(42)45-8-3)33(38-37(39)47-30)26-12-10-9-11-13-26/h9-21,23,34H,6-8,22H2,1-5H3/b30-21-/t34-/m1/s1. The molecule has 1 atom stereocenters. The van der Waals surface area contributed by atoms with Gasteiger partial charge in [-0.25, -0.2) is 14.6 Å². The van der Waals surface area contributed by atoms with Crippen LogP contribution in [0.1, 0.15) is 68.8 Å². The minimum atomic E-state index is -0.762. The molecule has 0 radical (unpaired) electrons. The average molecular weight is 655 g/mol. The lowest BCUT2D eigenvalue weighted by atomic mass is 9.91. The summed E-state index contributed by atoms with van der Waals surface area (Å²) in [4.78, 5) is 45.2. The number of aromatic nitrogens is 1. The molecule has 0 saturated carbocycles. The first-order chi connectivity index (χ1) is 22.7. The molecular weight excluding hydrogens is 616 g/mol. The number of benzene rings is 3. The van der Waals surface area contributed by atoms with E-state index < -0.39 is 18.0 Å². The number of carbonyl (C=O) groups is 2. The Hall–Kier alpha value is -4.96. The number of hydrogen-bond donors (Lipinski definition) is 0. The van der Waals surface area contributed by atoms with Crippen molar-refractivity contribution in [1.29, 1.82) is 0 Å². The molecule has 5 rings (SSSR count). The van der Waals surface area contributed by atoms with Crippen molar-refractivity contribution in [2.45, 2.75) is 46.6 Å². The maximum Gasteiger partial charge on any atom is 0.344 e. The molecule has 2 heterocycles. The van der Waals surface area contributed by atoms with Crippen molar-refractivity contribution in [3.05, 3.63) is 120 Å². The molecule has 0 aliphatic carbocycles. The number of ether oxygens (including phenoxy) is 4. The van der Waals surface area contributed by atoms with E-state index in [2.05, 4.69) is 13.8 Å². The number of thiazole rings is 1. The Balaban J connectivity index is 1.68. The topological polar surface area (TPSA) is 105 Å². The summed E-state index contributed by atoms with van der Waals surface area (Å²) in [5, 5.41) is 0. The third-order valence-corrected chi connectivity index (χ3v) is 8.49. The van der Waals surface area contributed by atoms with Gasteiger partial charge in [-0.2, -0.15) is 0 Å². The van der Waals surface area contributed by atoms with Gasteiger partial charge in [-0.15, -0.1) is 0 Å². The van der Waals surface area contributed by atoms with E-state index in [0.717, 1.165) is 16.7 Å². The summed E-state index contributed by atoms with van der Waals surface area (Å²) in [6, 6.07) is 21.9. The number of fused-ring (bicyclic) bond motifs is 1. The van der Waals surface area contributed by atoms with Gasteiger partial charge in [0.05, 0.1) is 41.7 Å². The van der Waals surface area contributed by atoms with Gasteiger partial charge in [-0.05, 0) is 61.6 Å². The lowest BCUT2D eigenvalue weighted by Gasteiger charge is -2.26. The molecular formula is C37H38N2O7S. The van der Waals surface area contributed by atoms with E-state index in [1.165, 1.54) is 11.3 Å². The Labute approximate surface area is 277 Å². The highest BCUT2D eigenvalue weighted by Crippen LogP contribution is 2.36. The van der Waals surface area contributed by atoms with Crippen LogP contribution in [0.15, 0.2) is 88.2 Å². The Bertz CT molecular complexity index is 1960. The van der Waals surface area contributed by atoms with Crippen molar-refractivity contribution >= 4 is 35.0 Å². The molecule has 0 spiro atoms. The van der Waals surface area contributed by atoms with Crippen molar-refractivity contribution in [3.63, 3.8) is 0 Å². The summed E-state index contributed by atoms with van der Waals surface area (Å²) in [5.41, 5.74) is 3.83. The first kappa shape index (κ1) is 33.4. The Morgan fingerprint density at radius 1 is 0.894 bits per heavy atom. The fourth-order valence-corrected chi connectivity index (χ4v) is 6.31. The van der Waals surface area contributed by atoms with Crippen LogP contribution in [0.3, 0.4) is 0 Å². The first-order valence-electron chi connectivity index (χ1n) is 15.7. The van der Waals surface area contributed by atoms with Crippen LogP contribution in [0, 0.1) is 0 Å². The Morgan fingerprint density at radius 3 is 2.28 bits per heavy atom. The van der Waals surface area contributed by atoms with Crippen molar-refractivity contribution in [2.24, 2.45) is 4.99 Å². The second-order valence-corrected chi connectivity index (χ2v) is 12.0. The first-order valence-corrected chi connectivity index (χ1v) is 16.5. The second kappa shape index (κ2) is 15.1. The number of carbonyl (C=O) groups excluding carboxylic acids is 2. The van der Waals surface area contributed by atoms with Crippen LogP contribution >= 0.6 is 11.3 Å². The zero-order valence-electron chi connectivity index (χ0n) is 27.1. The van der Waals surface area contributed by atoms with Crippen LogP contribution in [-0.2, 0) is 19.1 Å². The molecule has 244 valence electrons. The molecule has 1 aliphatic heterocycles. The lowest BCUT2D eigenvalue weighted by Crippen LogP contribution is -2.40. The molecule has 0 saturated heterocycles. The molecule has 4 aromatic rings. The smallest absolute Gasteiger partial charge is 0.344 e. The maximum atomic E-state index is 14.3. The monoisotopic (exact) mass is 654 g/mol. The molecule has 1 aromatic heterocycles. The Kier molecular flexibility index (Phi) is 10.7. The summed E-state index contributed by atoms with van der Waals surface area (Å²) in [6.45, 7) is 10.1. The van der Waals surface area contributed by atoms with E-state index in [0.29, 0.717) is 50.2 Å². The van der Waals surface area contributed by atoms with Crippen molar-refractivity contribution < 1.29 is 28.5 Å². The van der Waals surface area contributed by atoms with Crippen molar-refractivity contribution in [1.82, 2.24) is 4.57 Å². The van der Waals surface area contributed by atoms with Gasteiger partial charge in [-0.1, -0.05) is 85.8 Å². The van der Waals surface area contributed by atoms with Gasteiger partial charge in [-0.3, -0.25) is 9.36 Å². The molecule has 0 N–H and O–H groups in total. The van der Waals surface area contributed by atoms with Gasteiger partial charge >= 0.3 is 11.9 Å². The quantitative estimate of drug-likeness (QED) is 0.189. The van der Waals surface area contributed by atoms with E-state index in [4.69, 9.17) is 23.9 Å². The highest BCUT2D eigenvalue weighted by molar-refractivity contribution is 7.07. The molecule has 47 heavy (non-hydrogen) atoms. The van der Waals surface area contributed by atoms with E-state index in [9.17, 15) is 14.4 Å². The summed E-state index contributed by atoms with van der Waals surface area (Å²) >= 11 is 1.24. The predicted octanol–water partition coefficient (Wildman–Crippen LogP) is 5.40. The van der Waals surface area contributed by atoms with E-state index in [-0.39, 0.29) is 25.4 Å². The summed E-state index contributed by atoms with van der Waals surface area (Å²) in [7, 11) is 0. The van der Waals surface area contributed by atoms with Gasteiger partial charge in [0.15, 0.2) is 22.9 Å². The van der Waals surface area contributed by atoms with E-state index >= 15 is 0 Å². The van der Waals surface area contributed by atoms with Gasteiger partial charge in [0.1, 0.15) is 0 Å². The highest BCUT2D eigenvalue weighted by Gasteiger charge is 2.35. The molecule has 0 amide bonds. The SMILES string of the molecule is CCOC(=O)COc1ccc(/C=c2\sc3n(c2=O)[C@H](c2ccc(C(C)C)cc2)C(C(=O)OCC)=C(c2ccccc2)N=3)cc1OCC. The molecule has 3 aromatic carbocycles. The summed E-state index contributed by atoms with van der Waals surface area (Å²) in [6.07, 6.45) is 1.76. The second-order valence-electron chi connectivity index (χ2n) is 11.0. The normalized spacial score (nSPS) is 14.4. The largest absolute Gasteiger partial charge is 0.490 e. The molecule has 1 aliphatic rings. The molecule has 0 unspecified atom stereocenters. The molecule has 0 bridgehead atoms. The zero-order chi connectivity index (χ0) is 33.5. The Morgan fingerprint density at radius 2 is 1.62 bits per heavy atom. The number of rotatable bonds is 12. The highest BCUT2D eigenvalue weighted by atomic mass is 32.1. The van der Waals surface area contributed by atoms with Crippen LogP contribution in [0.4, 0.5) is 0 Å². The van der Waals surface area contributed by atoms with Crippen LogP contribution in [0.5, 0.6) is 11.5 Å². The fraction of sp³-hybridized carbons (Fsp3) is 0.297. The van der Waals surface area contributed by atoms with Gasteiger partial charge in [0, 0.05) is 5.56 Å². The van der Waals surface area contributed by atoms with Crippen molar-refractivity contribution in [3.8, 4) is 11.5 Å². The molecule has 0 fully saturated rings.